The van der Waals surface area contributed by atoms with Crippen LogP contribution < -0.4 is 4.74 Å². The minimum absolute atomic E-state index is 0.167. The highest BCUT2D eigenvalue weighted by atomic mass is 32.2. The monoisotopic (exact) mass is 837 g/mol. The van der Waals surface area contributed by atoms with E-state index in [2.05, 4.69) is 57.1 Å². The fourth-order valence-electron chi connectivity index (χ4n) is 2.12. The molecule has 0 aromatic carbocycles. The second-order valence-electron chi connectivity index (χ2n) is 11.2. The van der Waals surface area contributed by atoms with Crippen LogP contribution in [0.5, 0.6) is 6.08 Å². The third-order valence-electron chi connectivity index (χ3n) is 4.61. The summed E-state index contributed by atoms with van der Waals surface area (Å²) in [6, 6.07) is 0. The van der Waals surface area contributed by atoms with Crippen molar-refractivity contribution in [3.8, 4) is 6.08 Å². The Kier molecular flexibility index (Phi) is 49.5. The number of methoxy groups -OCH3 is 1. The Hall–Kier alpha value is -3.15. The maximum atomic E-state index is 10.6. The molecule has 0 amide bonds. The van der Waals surface area contributed by atoms with Crippen molar-refractivity contribution in [1.29, 1.82) is 0 Å². The Morgan fingerprint density at radius 3 is 1.15 bits per heavy atom. The van der Waals surface area contributed by atoms with E-state index in [0.717, 1.165) is 22.2 Å². The molecule has 0 aliphatic carbocycles. The lowest BCUT2D eigenvalue weighted by Crippen LogP contribution is -2.07. The molecule has 0 atom stereocenters. The topological polar surface area (TPSA) is 189 Å². The van der Waals surface area contributed by atoms with Crippen LogP contribution in [0.1, 0.15) is 131 Å². The van der Waals surface area contributed by atoms with Gasteiger partial charge in [-0.15, -0.1) is 26.6 Å². The summed E-state index contributed by atoms with van der Waals surface area (Å²) in [5.41, 5.74) is 1.17. The van der Waals surface area contributed by atoms with Gasteiger partial charge in [-0.3, -0.25) is 4.79 Å². The molecule has 54 heavy (non-hydrogen) atoms. The molecule has 312 valence electrons. The van der Waals surface area contributed by atoms with Crippen molar-refractivity contribution in [2.24, 2.45) is 5.92 Å². The van der Waals surface area contributed by atoms with Gasteiger partial charge in [-0.05, 0) is 115 Å². The second kappa shape index (κ2) is 42.6. The number of ether oxygens (including phenoxy) is 1. The summed E-state index contributed by atoms with van der Waals surface area (Å²) in [6.45, 7) is 29.2. The number of hydrogen-bond acceptors (Lipinski definition) is 17. The maximum absolute atomic E-state index is 10.6. The molecule has 0 bridgehead atoms. The van der Waals surface area contributed by atoms with Gasteiger partial charge in [0, 0.05) is 24.1 Å². The number of nitrogens with zero attached hydrogens (tertiary/aromatic N) is 5. The molecule has 13 nitrogen and oxygen atoms in total. The number of rotatable bonds is 7. The van der Waals surface area contributed by atoms with Crippen molar-refractivity contribution in [2.75, 3.05) is 19.6 Å². The highest BCUT2D eigenvalue weighted by Gasteiger charge is 2.06. The summed E-state index contributed by atoms with van der Waals surface area (Å²) >= 11 is 6.74. The van der Waals surface area contributed by atoms with Crippen LogP contribution in [0.2, 0.25) is 0 Å². The van der Waals surface area contributed by atoms with Gasteiger partial charge in [0.05, 0.1) is 12.8 Å². The van der Waals surface area contributed by atoms with Crippen LogP contribution in [0.25, 0.3) is 0 Å². The third-order valence-corrected chi connectivity index (χ3v) is 8.48. The lowest BCUT2D eigenvalue weighted by Gasteiger charge is -2.04. The quantitative estimate of drug-likeness (QED) is 0.204. The molecular formula is C37H67N5O8S4. The van der Waals surface area contributed by atoms with Crippen LogP contribution in [-0.2, 0) is 28.8 Å². The number of thioether (sulfide) groups is 2. The van der Waals surface area contributed by atoms with Gasteiger partial charge in [0.25, 0.3) is 0 Å². The summed E-state index contributed by atoms with van der Waals surface area (Å²) in [4.78, 5) is 63.8. The highest BCUT2D eigenvalue weighted by molar-refractivity contribution is 8.00. The largest absolute Gasteiger partial charge is 0.452 e. The molecule has 3 rings (SSSR count). The molecule has 0 aliphatic rings. The lowest BCUT2D eigenvalue weighted by atomic mass is 10.00. The first-order valence-electron chi connectivity index (χ1n) is 16.9. The number of carbonyl (C=O) groups excluding carboxylic acids is 6. The van der Waals surface area contributed by atoms with E-state index < -0.39 is 0 Å². The van der Waals surface area contributed by atoms with E-state index in [9.17, 15) is 28.8 Å². The van der Waals surface area contributed by atoms with Gasteiger partial charge in [0.15, 0.2) is 4.34 Å². The SMILES string of the molecule is CC(C)=O.CC(C)=O.CC(C)=O.CC(C)=O.CCC(C)=O.CCC(CC)C(C)=O.COc1nnc(C)o1.CSc1nc(C)c(C)s1.CSc1nnc(C)s1. The van der Waals surface area contributed by atoms with Crippen LogP contribution in [0, 0.1) is 33.6 Å². The number of aromatic nitrogens is 5. The van der Waals surface area contributed by atoms with Crippen molar-refractivity contribution in [1.82, 2.24) is 25.4 Å². The molecule has 0 spiro atoms. The summed E-state index contributed by atoms with van der Waals surface area (Å²) < 4.78 is 11.6. The Morgan fingerprint density at radius 2 is 1.04 bits per heavy atom. The van der Waals surface area contributed by atoms with E-state index in [1.807, 2.05) is 27.0 Å². The number of Topliss-reactive ketones (excluding diaryl/α,β-unsaturated/α-hetero) is 6. The average Bonchev–Trinajstić information content (AvgIpc) is 3.76. The maximum Gasteiger partial charge on any atom is 0.414 e. The zero-order valence-corrected chi connectivity index (χ0v) is 39.6. The first-order valence-corrected chi connectivity index (χ1v) is 20.9. The van der Waals surface area contributed by atoms with Gasteiger partial charge < -0.3 is 33.1 Å². The van der Waals surface area contributed by atoms with E-state index >= 15 is 0 Å². The Morgan fingerprint density at radius 1 is 0.648 bits per heavy atom. The first kappa shape index (κ1) is 62.8. The number of hydrogen-bond donors (Lipinski definition) is 0. The summed E-state index contributed by atoms with van der Waals surface area (Å²) in [7, 11) is 1.48. The molecule has 0 saturated heterocycles. The van der Waals surface area contributed by atoms with Crippen molar-refractivity contribution in [3.63, 3.8) is 0 Å². The van der Waals surface area contributed by atoms with Crippen LogP contribution in [-0.4, -0.2) is 79.7 Å². The van der Waals surface area contributed by atoms with E-state index in [1.165, 1.54) is 77.4 Å². The third kappa shape index (κ3) is 60.9. The van der Waals surface area contributed by atoms with Crippen molar-refractivity contribution in [2.45, 2.75) is 146 Å². The minimum atomic E-state index is 0.167. The first-order chi connectivity index (χ1) is 24.8. The molecule has 0 N–H and O–H groups in total. The number of aryl methyl sites for hydroxylation is 4. The predicted octanol–water partition coefficient (Wildman–Crippen LogP) is 9.82. The summed E-state index contributed by atoms with van der Waals surface area (Å²) in [6.07, 6.45) is 6.91. The Balaban J connectivity index is -0.000000123. The second-order valence-corrected chi connectivity index (χ2v) is 15.7. The van der Waals surface area contributed by atoms with Gasteiger partial charge in [0.1, 0.15) is 44.0 Å². The van der Waals surface area contributed by atoms with E-state index in [1.54, 1.807) is 67.0 Å². The van der Waals surface area contributed by atoms with Crippen LogP contribution >= 0.6 is 46.2 Å². The number of ketones is 6. The normalized spacial score (nSPS) is 8.61. The smallest absolute Gasteiger partial charge is 0.414 e. The molecule has 0 saturated carbocycles. The van der Waals surface area contributed by atoms with Gasteiger partial charge >= 0.3 is 6.08 Å². The molecule has 3 aromatic heterocycles. The number of carbonyl (C=O) groups is 6. The lowest BCUT2D eigenvalue weighted by molar-refractivity contribution is -0.121. The summed E-state index contributed by atoms with van der Waals surface area (Å²) in [5, 5.41) is 15.8. The zero-order valence-electron chi connectivity index (χ0n) is 36.3. The minimum Gasteiger partial charge on any atom is -0.452 e. The van der Waals surface area contributed by atoms with E-state index in [-0.39, 0.29) is 35.0 Å². The van der Waals surface area contributed by atoms with Crippen molar-refractivity contribution in [3.05, 3.63) is 21.5 Å². The van der Waals surface area contributed by atoms with Crippen LogP contribution in [0.4, 0.5) is 0 Å². The molecule has 0 radical (unpaired) electrons. The molecular weight excluding hydrogens is 771 g/mol. The van der Waals surface area contributed by atoms with E-state index in [0.29, 0.717) is 24.0 Å². The fraction of sp³-hybridized carbons (Fsp3) is 0.649. The van der Waals surface area contributed by atoms with Crippen LogP contribution in [0.15, 0.2) is 13.1 Å². The molecule has 0 aliphatic heterocycles. The Bertz CT molecular complexity index is 1290. The van der Waals surface area contributed by atoms with Crippen LogP contribution in [0.3, 0.4) is 0 Å². The van der Waals surface area contributed by atoms with Crippen molar-refractivity contribution >= 4 is 80.9 Å². The Labute approximate surface area is 341 Å². The summed E-state index contributed by atoms with van der Waals surface area (Å²) in [5.74, 6) is 2.08. The van der Waals surface area contributed by atoms with Crippen molar-refractivity contribution < 1.29 is 37.9 Å². The van der Waals surface area contributed by atoms with E-state index in [4.69, 9.17) is 4.42 Å². The standard InChI is InChI=1S/C7H14O.C6H9NS2.C4H6N2O2.C4H6N2S2.C4H8O.4C3H6O/c1-4-7(5-2)6(3)8;1-4-5(2)9-6(7-4)8-3;2*1-3-5-6-4(7-2)8-3;1-3-4(2)5;4*1-3(2)4/h7H,4-5H2,1-3H3;1-3H3;2*1-2H3;3H2,1-2H3;4*1-2H3. The molecule has 0 fully saturated rings. The van der Waals surface area contributed by atoms with Gasteiger partial charge in [-0.25, -0.2) is 4.98 Å². The molecule has 3 aromatic rings. The molecule has 17 heteroatoms. The predicted molar refractivity (Wildman–Crippen MR) is 227 cm³/mol. The fourth-order valence-corrected chi connectivity index (χ4v) is 4.92. The average molecular weight is 838 g/mol. The van der Waals surface area contributed by atoms with Gasteiger partial charge in [-0.2, -0.15) is 0 Å². The zero-order chi connectivity index (χ0) is 44.0. The highest BCUT2D eigenvalue weighted by Crippen LogP contribution is 2.23. The molecule has 0 unspecified atom stereocenters. The van der Waals surface area contributed by atoms with Gasteiger partial charge in [0.2, 0.25) is 5.89 Å². The van der Waals surface area contributed by atoms with Gasteiger partial charge in [-0.1, -0.05) is 60.7 Å². The molecule has 3 heterocycles. The number of thiazole rings is 1.